The Morgan fingerprint density at radius 1 is 1.00 bits per heavy atom. The Morgan fingerprint density at radius 2 is 1.65 bits per heavy atom. The number of ether oxygens (including phenoxy) is 1. The zero-order chi connectivity index (χ0) is 14.7. The summed E-state index contributed by atoms with van der Waals surface area (Å²) in [6.07, 6.45) is 0. The van der Waals surface area contributed by atoms with E-state index in [0.29, 0.717) is 6.07 Å². The summed E-state index contributed by atoms with van der Waals surface area (Å²) in [6.45, 7) is 1.26. The van der Waals surface area contributed by atoms with Crippen LogP contribution in [0.4, 0.5) is 8.78 Å². The van der Waals surface area contributed by atoms with Crippen LogP contribution in [0.2, 0.25) is 0 Å². The smallest absolute Gasteiger partial charge is 0.308 e. The maximum Gasteiger partial charge on any atom is 0.308 e. The molecule has 0 fully saturated rings. The molecule has 0 saturated heterocycles. The Kier molecular flexibility index (Phi) is 3.89. The molecule has 2 rings (SSSR count). The van der Waals surface area contributed by atoms with E-state index >= 15 is 0 Å². The predicted molar refractivity (Wildman–Crippen MR) is 67.5 cm³/mol. The number of carbonyl (C=O) groups is 2. The van der Waals surface area contributed by atoms with Crippen molar-refractivity contribution in [3.63, 3.8) is 0 Å². The molecule has 2 aromatic carbocycles. The Balaban J connectivity index is 2.27. The summed E-state index contributed by atoms with van der Waals surface area (Å²) >= 11 is 0. The maximum absolute atomic E-state index is 13.5. The summed E-state index contributed by atoms with van der Waals surface area (Å²) in [5, 5.41) is 0. The summed E-state index contributed by atoms with van der Waals surface area (Å²) < 4.78 is 31.1. The van der Waals surface area contributed by atoms with E-state index < -0.39 is 23.4 Å². The van der Waals surface area contributed by atoms with Gasteiger partial charge in [-0.05, 0) is 36.4 Å². The molecular weight excluding hydrogens is 266 g/mol. The van der Waals surface area contributed by atoms with Crippen molar-refractivity contribution in [3.8, 4) is 5.75 Å². The highest BCUT2D eigenvalue weighted by Gasteiger charge is 2.14. The molecule has 5 heteroatoms. The van der Waals surface area contributed by atoms with Crippen molar-refractivity contribution in [2.75, 3.05) is 0 Å². The first-order valence-corrected chi connectivity index (χ1v) is 5.75. The zero-order valence-electron chi connectivity index (χ0n) is 10.5. The van der Waals surface area contributed by atoms with Crippen LogP contribution >= 0.6 is 0 Å². The highest BCUT2D eigenvalue weighted by atomic mass is 19.1. The topological polar surface area (TPSA) is 43.4 Å². The Morgan fingerprint density at radius 3 is 2.20 bits per heavy atom. The molecule has 20 heavy (non-hydrogen) atoms. The SMILES string of the molecule is CC(=O)Oc1ccc(C(=O)c2ccc(F)cc2F)cc1. The summed E-state index contributed by atoms with van der Waals surface area (Å²) in [4.78, 5) is 22.8. The number of hydrogen-bond acceptors (Lipinski definition) is 3. The highest BCUT2D eigenvalue weighted by molar-refractivity contribution is 6.09. The second kappa shape index (κ2) is 5.61. The van der Waals surface area contributed by atoms with Crippen molar-refractivity contribution in [1.82, 2.24) is 0 Å². The lowest BCUT2D eigenvalue weighted by atomic mass is 10.0. The molecule has 0 heterocycles. The average molecular weight is 276 g/mol. The van der Waals surface area contributed by atoms with Gasteiger partial charge < -0.3 is 4.74 Å². The molecule has 0 aromatic heterocycles. The van der Waals surface area contributed by atoms with Crippen LogP contribution in [0, 0.1) is 11.6 Å². The molecule has 0 aliphatic rings. The third-order valence-electron chi connectivity index (χ3n) is 2.55. The lowest BCUT2D eigenvalue weighted by Gasteiger charge is -2.05. The molecule has 102 valence electrons. The average Bonchev–Trinajstić information content (AvgIpc) is 2.38. The molecule has 0 aliphatic heterocycles. The van der Waals surface area contributed by atoms with Gasteiger partial charge in [0.15, 0.2) is 5.78 Å². The molecular formula is C15H10F2O3. The lowest BCUT2D eigenvalue weighted by Crippen LogP contribution is -2.05. The first-order valence-electron chi connectivity index (χ1n) is 5.75. The minimum absolute atomic E-state index is 0.214. The normalized spacial score (nSPS) is 10.2. The van der Waals surface area contributed by atoms with Crippen LogP contribution in [0.3, 0.4) is 0 Å². The Hall–Kier alpha value is -2.56. The summed E-state index contributed by atoms with van der Waals surface area (Å²) in [6, 6.07) is 8.43. The van der Waals surface area contributed by atoms with Crippen LogP contribution in [0.5, 0.6) is 5.75 Å². The van der Waals surface area contributed by atoms with Crippen LogP contribution in [-0.2, 0) is 4.79 Å². The molecule has 0 spiro atoms. The number of benzene rings is 2. The second-order valence-corrected chi connectivity index (χ2v) is 4.07. The highest BCUT2D eigenvalue weighted by Crippen LogP contribution is 2.18. The van der Waals surface area contributed by atoms with E-state index in [2.05, 4.69) is 0 Å². The van der Waals surface area contributed by atoms with Gasteiger partial charge in [0.2, 0.25) is 0 Å². The van der Waals surface area contributed by atoms with Gasteiger partial charge in [-0.3, -0.25) is 9.59 Å². The number of ketones is 1. The van der Waals surface area contributed by atoms with E-state index in [4.69, 9.17) is 4.74 Å². The van der Waals surface area contributed by atoms with E-state index in [0.717, 1.165) is 12.1 Å². The number of hydrogen-bond donors (Lipinski definition) is 0. The van der Waals surface area contributed by atoms with Gasteiger partial charge in [-0.25, -0.2) is 8.78 Å². The van der Waals surface area contributed by atoms with Crippen molar-refractivity contribution < 1.29 is 23.1 Å². The minimum Gasteiger partial charge on any atom is -0.427 e. The number of esters is 1. The van der Waals surface area contributed by atoms with E-state index in [1.54, 1.807) is 0 Å². The zero-order valence-corrected chi connectivity index (χ0v) is 10.5. The fraction of sp³-hybridized carbons (Fsp3) is 0.0667. The van der Waals surface area contributed by atoms with Crippen molar-refractivity contribution >= 4 is 11.8 Å². The van der Waals surface area contributed by atoms with Crippen molar-refractivity contribution in [2.45, 2.75) is 6.92 Å². The molecule has 0 amide bonds. The molecule has 0 bridgehead atoms. The third kappa shape index (κ3) is 3.06. The van der Waals surface area contributed by atoms with E-state index in [1.165, 1.54) is 31.2 Å². The van der Waals surface area contributed by atoms with Gasteiger partial charge >= 0.3 is 5.97 Å². The molecule has 0 radical (unpaired) electrons. The molecule has 0 saturated carbocycles. The fourth-order valence-corrected chi connectivity index (χ4v) is 1.67. The van der Waals surface area contributed by atoms with Gasteiger partial charge in [-0.2, -0.15) is 0 Å². The molecule has 3 nitrogen and oxygen atoms in total. The van der Waals surface area contributed by atoms with Gasteiger partial charge in [0.05, 0.1) is 5.56 Å². The number of rotatable bonds is 3. The molecule has 0 atom stereocenters. The first-order chi connectivity index (χ1) is 9.47. The summed E-state index contributed by atoms with van der Waals surface area (Å²) in [5.74, 6) is -2.43. The maximum atomic E-state index is 13.5. The van der Waals surface area contributed by atoms with Crippen LogP contribution in [-0.4, -0.2) is 11.8 Å². The van der Waals surface area contributed by atoms with E-state index in [-0.39, 0.29) is 16.9 Å². The molecule has 0 unspecified atom stereocenters. The quantitative estimate of drug-likeness (QED) is 0.491. The monoisotopic (exact) mass is 276 g/mol. The lowest BCUT2D eigenvalue weighted by molar-refractivity contribution is -0.131. The van der Waals surface area contributed by atoms with Crippen molar-refractivity contribution in [2.24, 2.45) is 0 Å². The fourth-order valence-electron chi connectivity index (χ4n) is 1.67. The largest absolute Gasteiger partial charge is 0.427 e. The molecule has 0 aliphatic carbocycles. The molecule has 2 aromatic rings. The Bertz CT molecular complexity index is 663. The van der Waals surface area contributed by atoms with E-state index in [1.807, 2.05) is 0 Å². The van der Waals surface area contributed by atoms with Crippen LogP contribution in [0.1, 0.15) is 22.8 Å². The van der Waals surface area contributed by atoms with Gasteiger partial charge in [-0.1, -0.05) is 0 Å². The third-order valence-corrected chi connectivity index (χ3v) is 2.55. The van der Waals surface area contributed by atoms with Crippen LogP contribution in [0.25, 0.3) is 0 Å². The standard InChI is InChI=1S/C15H10F2O3/c1-9(18)20-12-5-2-10(3-6-12)15(19)13-7-4-11(16)8-14(13)17/h2-8H,1H3. The van der Waals surface area contributed by atoms with Crippen molar-refractivity contribution in [1.29, 1.82) is 0 Å². The van der Waals surface area contributed by atoms with Gasteiger partial charge in [0, 0.05) is 18.6 Å². The van der Waals surface area contributed by atoms with Crippen LogP contribution in [0.15, 0.2) is 42.5 Å². The van der Waals surface area contributed by atoms with Gasteiger partial charge in [0.1, 0.15) is 17.4 Å². The van der Waals surface area contributed by atoms with Gasteiger partial charge in [-0.15, -0.1) is 0 Å². The van der Waals surface area contributed by atoms with E-state index in [9.17, 15) is 18.4 Å². The second-order valence-electron chi connectivity index (χ2n) is 4.07. The first kappa shape index (κ1) is 13.9. The summed E-state index contributed by atoms with van der Waals surface area (Å²) in [5.41, 5.74) is -0.00181. The number of carbonyl (C=O) groups excluding carboxylic acids is 2. The summed E-state index contributed by atoms with van der Waals surface area (Å²) in [7, 11) is 0. The number of halogens is 2. The minimum atomic E-state index is -0.918. The van der Waals surface area contributed by atoms with Crippen LogP contribution < -0.4 is 4.74 Å². The van der Waals surface area contributed by atoms with Gasteiger partial charge in [0.25, 0.3) is 0 Å². The molecule has 0 N–H and O–H groups in total. The Labute approximate surface area is 113 Å². The van der Waals surface area contributed by atoms with Crippen molar-refractivity contribution in [3.05, 3.63) is 65.2 Å². The predicted octanol–water partition coefficient (Wildman–Crippen LogP) is 3.12.